The van der Waals surface area contributed by atoms with E-state index in [1.807, 2.05) is 0 Å². The molecule has 0 radical (unpaired) electrons. The first-order chi connectivity index (χ1) is 10.2. The van der Waals surface area contributed by atoms with Crippen LogP contribution in [-0.4, -0.2) is 24.9 Å². The fourth-order valence-corrected chi connectivity index (χ4v) is 3.22. The summed E-state index contributed by atoms with van der Waals surface area (Å²) in [5.74, 6) is 1.67. The van der Waals surface area contributed by atoms with Crippen LogP contribution in [0.1, 0.15) is 45.1 Å². The lowest BCUT2D eigenvalue weighted by molar-refractivity contribution is 0.0973. The number of rotatable bonds is 7. The fraction of sp³-hybridized carbons (Fsp3) is 0.667. The molecule has 3 rings (SSSR count). The highest BCUT2D eigenvalue weighted by Crippen LogP contribution is 2.34. The lowest BCUT2D eigenvalue weighted by Crippen LogP contribution is -2.36. The number of hydrogen-bond acceptors (Lipinski definition) is 3. The number of benzene rings is 1. The molecule has 0 saturated carbocycles. The Morgan fingerprint density at radius 3 is 2.67 bits per heavy atom. The van der Waals surface area contributed by atoms with Crippen LogP contribution in [0, 0.1) is 5.92 Å². The van der Waals surface area contributed by atoms with Crippen molar-refractivity contribution in [1.29, 1.82) is 0 Å². The molecule has 2 aliphatic rings. The predicted molar refractivity (Wildman–Crippen MR) is 84.5 cm³/mol. The van der Waals surface area contributed by atoms with Gasteiger partial charge in [-0.3, -0.25) is 0 Å². The molecule has 116 valence electrons. The van der Waals surface area contributed by atoms with Gasteiger partial charge in [0.15, 0.2) is 0 Å². The maximum Gasteiger partial charge on any atom is 0.119 e. The van der Waals surface area contributed by atoms with Gasteiger partial charge < -0.3 is 14.8 Å². The summed E-state index contributed by atoms with van der Waals surface area (Å²) < 4.78 is 11.6. The van der Waals surface area contributed by atoms with Gasteiger partial charge in [-0.15, -0.1) is 0 Å². The van der Waals surface area contributed by atoms with E-state index in [9.17, 15) is 0 Å². The highest BCUT2D eigenvalue weighted by molar-refractivity contribution is 5.27. The van der Waals surface area contributed by atoms with Crippen molar-refractivity contribution in [2.45, 2.75) is 64.3 Å². The molecule has 2 bridgehead atoms. The minimum Gasteiger partial charge on any atom is -0.494 e. The van der Waals surface area contributed by atoms with Crippen LogP contribution in [-0.2, 0) is 11.3 Å². The summed E-state index contributed by atoms with van der Waals surface area (Å²) in [7, 11) is 0. The Kier molecular flexibility index (Phi) is 4.81. The molecule has 0 aliphatic carbocycles. The summed E-state index contributed by atoms with van der Waals surface area (Å²) in [5, 5.41) is 3.64. The summed E-state index contributed by atoms with van der Waals surface area (Å²) in [6, 6.07) is 9.02. The van der Waals surface area contributed by atoms with Crippen molar-refractivity contribution in [3.8, 4) is 5.75 Å². The van der Waals surface area contributed by atoms with Crippen LogP contribution in [0.3, 0.4) is 0 Å². The quantitative estimate of drug-likeness (QED) is 0.833. The fourth-order valence-electron chi connectivity index (χ4n) is 3.22. The van der Waals surface area contributed by atoms with Gasteiger partial charge in [-0.25, -0.2) is 0 Å². The first-order valence-corrected chi connectivity index (χ1v) is 8.31. The third kappa shape index (κ3) is 3.98. The van der Waals surface area contributed by atoms with Gasteiger partial charge >= 0.3 is 0 Å². The minimum atomic E-state index is 0.452. The van der Waals surface area contributed by atoms with Crippen molar-refractivity contribution in [3.63, 3.8) is 0 Å². The lowest BCUT2D eigenvalue weighted by atomic mass is 9.95. The molecule has 3 unspecified atom stereocenters. The zero-order valence-electron chi connectivity index (χ0n) is 13.2. The van der Waals surface area contributed by atoms with Crippen molar-refractivity contribution in [1.82, 2.24) is 5.32 Å². The Morgan fingerprint density at radius 2 is 2.05 bits per heavy atom. The molecule has 2 fully saturated rings. The molecular formula is C18H27NO2. The number of fused-ring (bicyclic) bond motifs is 2. The molecular weight excluding hydrogens is 262 g/mol. The average molecular weight is 289 g/mol. The van der Waals surface area contributed by atoms with Crippen molar-refractivity contribution < 1.29 is 9.47 Å². The van der Waals surface area contributed by atoms with Gasteiger partial charge in [-0.2, -0.15) is 0 Å². The van der Waals surface area contributed by atoms with E-state index in [0.29, 0.717) is 24.2 Å². The zero-order valence-corrected chi connectivity index (χ0v) is 13.2. The summed E-state index contributed by atoms with van der Waals surface area (Å²) in [5.41, 5.74) is 1.31. The van der Waals surface area contributed by atoms with Crippen LogP contribution >= 0.6 is 0 Å². The summed E-state index contributed by atoms with van der Waals surface area (Å²) in [4.78, 5) is 0. The second kappa shape index (κ2) is 6.80. The first-order valence-electron chi connectivity index (χ1n) is 8.31. The maximum atomic E-state index is 5.87. The Hall–Kier alpha value is -1.06. The number of ether oxygens (including phenoxy) is 2. The maximum absolute atomic E-state index is 5.87. The third-order valence-electron chi connectivity index (χ3n) is 4.56. The van der Waals surface area contributed by atoms with Crippen molar-refractivity contribution >= 4 is 0 Å². The highest BCUT2D eigenvalue weighted by Gasteiger charge is 2.40. The van der Waals surface area contributed by atoms with E-state index in [1.165, 1.54) is 24.8 Å². The van der Waals surface area contributed by atoms with E-state index in [1.54, 1.807) is 0 Å². The van der Waals surface area contributed by atoms with Gasteiger partial charge in [0.25, 0.3) is 0 Å². The molecule has 3 atom stereocenters. The molecule has 1 aromatic carbocycles. The van der Waals surface area contributed by atoms with E-state index in [0.717, 1.165) is 25.3 Å². The van der Waals surface area contributed by atoms with E-state index in [4.69, 9.17) is 9.47 Å². The van der Waals surface area contributed by atoms with Crippen LogP contribution in [0.25, 0.3) is 0 Å². The van der Waals surface area contributed by atoms with Crippen LogP contribution in [0.15, 0.2) is 24.3 Å². The van der Waals surface area contributed by atoms with E-state index >= 15 is 0 Å². The molecule has 21 heavy (non-hydrogen) atoms. The molecule has 0 spiro atoms. The highest BCUT2D eigenvalue weighted by atomic mass is 16.5. The molecule has 1 N–H and O–H groups in total. The lowest BCUT2D eigenvalue weighted by Gasteiger charge is -2.20. The summed E-state index contributed by atoms with van der Waals surface area (Å²) in [6.07, 6.45) is 5.74. The Morgan fingerprint density at radius 1 is 1.24 bits per heavy atom. The van der Waals surface area contributed by atoms with Crippen LogP contribution < -0.4 is 10.1 Å². The smallest absolute Gasteiger partial charge is 0.119 e. The molecule has 2 aliphatic heterocycles. The Bertz CT molecular complexity index is 443. The third-order valence-corrected chi connectivity index (χ3v) is 4.56. The molecule has 2 heterocycles. The van der Waals surface area contributed by atoms with Gasteiger partial charge in [0.05, 0.1) is 18.8 Å². The van der Waals surface area contributed by atoms with E-state index in [-0.39, 0.29) is 0 Å². The predicted octanol–water partition coefficient (Wildman–Crippen LogP) is 3.52. The van der Waals surface area contributed by atoms with Crippen molar-refractivity contribution in [2.75, 3.05) is 6.61 Å². The van der Waals surface area contributed by atoms with E-state index in [2.05, 4.69) is 43.4 Å². The summed E-state index contributed by atoms with van der Waals surface area (Å²) >= 11 is 0. The normalized spacial score (nSPS) is 27.5. The van der Waals surface area contributed by atoms with Crippen LogP contribution in [0.2, 0.25) is 0 Å². The molecule has 3 heteroatoms. The Labute approximate surface area is 128 Å². The zero-order chi connectivity index (χ0) is 14.7. The summed E-state index contributed by atoms with van der Waals surface area (Å²) in [6.45, 7) is 6.16. The SMILES string of the molecule is CC(C)CCOc1ccc(CNC2CC3CCC2O3)cc1. The van der Waals surface area contributed by atoms with Gasteiger partial charge in [0.1, 0.15) is 5.75 Å². The topological polar surface area (TPSA) is 30.5 Å². The van der Waals surface area contributed by atoms with Gasteiger partial charge in [-0.1, -0.05) is 26.0 Å². The molecule has 0 amide bonds. The standard InChI is InChI=1S/C18H27NO2/c1-13(2)9-10-20-15-5-3-14(4-6-15)12-19-17-11-16-7-8-18(17)21-16/h3-6,13,16-19H,7-12H2,1-2H3. The van der Waals surface area contributed by atoms with E-state index < -0.39 is 0 Å². The van der Waals surface area contributed by atoms with Crippen LogP contribution in [0.5, 0.6) is 5.75 Å². The largest absolute Gasteiger partial charge is 0.494 e. The van der Waals surface area contributed by atoms with Gasteiger partial charge in [0, 0.05) is 12.6 Å². The minimum absolute atomic E-state index is 0.452. The second-order valence-electron chi connectivity index (χ2n) is 6.77. The second-order valence-corrected chi connectivity index (χ2v) is 6.77. The number of hydrogen-bond donors (Lipinski definition) is 1. The molecule has 1 aromatic rings. The molecule has 2 saturated heterocycles. The van der Waals surface area contributed by atoms with Gasteiger partial charge in [-0.05, 0) is 49.3 Å². The first kappa shape index (κ1) is 14.9. The average Bonchev–Trinajstić information content (AvgIpc) is 3.08. The van der Waals surface area contributed by atoms with Crippen LogP contribution in [0.4, 0.5) is 0 Å². The molecule has 0 aromatic heterocycles. The monoisotopic (exact) mass is 289 g/mol. The van der Waals surface area contributed by atoms with Crippen molar-refractivity contribution in [2.24, 2.45) is 5.92 Å². The molecule has 3 nitrogen and oxygen atoms in total. The number of nitrogens with one attached hydrogen (secondary N) is 1. The Balaban J connectivity index is 1.42. The van der Waals surface area contributed by atoms with Gasteiger partial charge in [0.2, 0.25) is 0 Å². The van der Waals surface area contributed by atoms with Crippen molar-refractivity contribution in [3.05, 3.63) is 29.8 Å².